The highest BCUT2D eigenvalue weighted by Crippen LogP contribution is 2.20. The summed E-state index contributed by atoms with van der Waals surface area (Å²) in [7, 11) is -1.03. The zero-order chi connectivity index (χ0) is 20.0. The normalized spacial score (nSPS) is 16.5. The topological polar surface area (TPSA) is 40.6 Å². The Morgan fingerprint density at radius 1 is 1.04 bits per heavy atom. The maximum atomic E-state index is 12.5. The summed E-state index contributed by atoms with van der Waals surface area (Å²) in [5.74, 6) is 0.876. The van der Waals surface area contributed by atoms with Gasteiger partial charge in [0.05, 0.1) is 10.6 Å². The zero-order valence-electron chi connectivity index (χ0n) is 16.4. The molecule has 0 bridgehead atoms. The molecule has 1 saturated heterocycles. The van der Waals surface area contributed by atoms with Crippen molar-refractivity contribution in [2.24, 2.45) is 5.92 Å². The van der Waals surface area contributed by atoms with E-state index < -0.39 is 9.84 Å². The minimum atomic E-state index is -3.21. The molecule has 28 heavy (non-hydrogen) atoms. The zero-order valence-corrected chi connectivity index (χ0v) is 18.8. The molecule has 1 heterocycles. The maximum absolute atomic E-state index is 12.5. The summed E-state index contributed by atoms with van der Waals surface area (Å²) in [5.41, 5.74) is 1.35. The van der Waals surface area contributed by atoms with Crippen LogP contribution in [0, 0.1) is 5.92 Å². The number of piperidine rings is 1. The molecule has 2 aromatic rings. The van der Waals surface area contributed by atoms with Gasteiger partial charge in [-0.1, -0.05) is 46.3 Å². The van der Waals surface area contributed by atoms with E-state index in [1.807, 2.05) is 0 Å². The summed E-state index contributed by atoms with van der Waals surface area (Å²) in [4.78, 5) is 5.10. The van der Waals surface area contributed by atoms with Crippen LogP contribution in [0.4, 0.5) is 0 Å². The van der Waals surface area contributed by atoms with Crippen molar-refractivity contribution < 1.29 is 8.42 Å². The van der Waals surface area contributed by atoms with Crippen LogP contribution in [-0.4, -0.2) is 57.2 Å². The highest BCUT2D eigenvalue weighted by atomic mass is 79.9. The molecule has 0 aromatic heterocycles. The lowest BCUT2D eigenvalue weighted by atomic mass is 9.96. The molecule has 6 heteroatoms. The van der Waals surface area contributed by atoms with Gasteiger partial charge in [0, 0.05) is 24.1 Å². The van der Waals surface area contributed by atoms with Crippen molar-refractivity contribution in [1.82, 2.24) is 9.80 Å². The Hall–Kier alpha value is -1.21. The molecule has 0 unspecified atom stereocenters. The highest BCUT2D eigenvalue weighted by Gasteiger charge is 2.22. The second-order valence-corrected chi connectivity index (χ2v) is 10.8. The summed E-state index contributed by atoms with van der Waals surface area (Å²) in [6.07, 6.45) is 2.27. The van der Waals surface area contributed by atoms with Crippen molar-refractivity contribution in [2.45, 2.75) is 24.3 Å². The summed E-state index contributed by atoms with van der Waals surface area (Å²) >= 11 is 3.35. The maximum Gasteiger partial charge on any atom is 0.179 e. The molecule has 1 aliphatic heterocycles. The molecule has 0 spiro atoms. The van der Waals surface area contributed by atoms with Crippen molar-refractivity contribution in [3.8, 4) is 0 Å². The summed E-state index contributed by atoms with van der Waals surface area (Å²) < 4.78 is 25.9. The first-order chi connectivity index (χ1) is 13.4. The van der Waals surface area contributed by atoms with Gasteiger partial charge >= 0.3 is 0 Å². The Bertz CT molecular complexity index is 833. The molecule has 0 saturated carbocycles. The fraction of sp³-hybridized carbons (Fsp3) is 0.455. The van der Waals surface area contributed by atoms with Crippen LogP contribution in [0.1, 0.15) is 18.4 Å². The van der Waals surface area contributed by atoms with Crippen molar-refractivity contribution in [3.63, 3.8) is 0 Å². The van der Waals surface area contributed by atoms with Crippen molar-refractivity contribution in [2.75, 3.05) is 39.0 Å². The van der Waals surface area contributed by atoms with E-state index in [1.54, 1.807) is 24.3 Å². The SMILES string of the molecule is CN(Cc1ccccc1)CC1CCN(CCS(=O)(=O)c2ccc(Br)cc2)CC1. The number of nitrogens with zero attached hydrogens (tertiary/aromatic N) is 2. The third-order valence-corrected chi connectivity index (χ3v) is 7.66. The molecule has 0 N–H and O–H groups in total. The van der Waals surface area contributed by atoms with E-state index in [0.29, 0.717) is 17.4 Å². The minimum absolute atomic E-state index is 0.188. The number of hydrogen-bond acceptors (Lipinski definition) is 4. The largest absolute Gasteiger partial charge is 0.302 e. The average molecular weight is 465 g/mol. The molecule has 4 nitrogen and oxygen atoms in total. The van der Waals surface area contributed by atoms with Crippen LogP contribution in [0.2, 0.25) is 0 Å². The molecule has 0 atom stereocenters. The van der Waals surface area contributed by atoms with E-state index in [4.69, 9.17) is 0 Å². The van der Waals surface area contributed by atoms with Gasteiger partial charge in [0.2, 0.25) is 0 Å². The second-order valence-electron chi connectivity index (χ2n) is 7.74. The molecule has 0 radical (unpaired) electrons. The molecular weight excluding hydrogens is 436 g/mol. The molecule has 1 aliphatic rings. The Morgan fingerprint density at radius 2 is 1.68 bits per heavy atom. The van der Waals surface area contributed by atoms with E-state index in [-0.39, 0.29) is 5.75 Å². The average Bonchev–Trinajstić information content (AvgIpc) is 2.68. The lowest BCUT2D eigenvalue weighted by molar-refractivity contribution is 0.158. The Morgan fingerprint density at radius 3 is 2.32 bits per heavy atom. The van der Waals surface area contributed by atoms with E-state index in [2.05, 4.69) is 63.1 Å². The summed E-state index contributed by atoms with van der Waals surface area (Å²) in [6.45, 7) is 4.66. The van der Waals surface area contributed by atoms with Gasteiger partial charge in [-0.15, -0.1) is 0 Å². The number of rotatable bonds is 8. The van der Waals surface area contributed by atoms with Crippen molar-refractivity contribution >= 4 is 25.8 Å². The van der Waals surface area contributed by atoms with E-state index in [1.165, 1.54) is 5.56 Å². The third kappa shape index (κ3) is 6.41. The van der Waals surface area contributed by atoms with Gasteiger partial charge in [0.1, 0.15) is 0 Å². The van der Waals surface area contributed by atoms with Crippen LogP contribution in [0.25, 0.3) is 0 Å². The van der Waals surface area contributed by atoms with Crippen LogP contribution >= 0.6 is 15.9 Å². The van der Waals surface area contributed by atoms with Gasteiger partial charge < -0.3 is 9.80 Å². The standard InChI is InChI=1S/C22H29BrN2O2S/c1-24(17-19-5-3-2-4-6-19)18-20-11-13-25(14-12-20)15-16-28(26,27)22-9-7-21(23)8-10-22/h2-10,20H,11-18H2,1H3. The smallest absolute Gasteiger partial charge is 0.179 e. The van der Waals surface area contributed by atoms with Gasteiger partial charge in [-0.05, 0) is 68.7 Å². The van der Waals surface area contributed by atoms with E-state index in [0.717, 1.165) is 43.5 Å². The Balaban J connectivity index is 1.41. The predicted molar refractivity (Wildman–Crippen MR) is 118 cm³/mol. The lowest BCUT2D eigenvalue weighted by Crippen LogP contribution is -2.39. The summed E-state index contributed by atoms with van der Waals surface area (Å²) in [5, 5.41) is 0. The molecule has 3 rings (SSSR count). The van der Waals surface area contributed by atoms with Crippen LogP contribution in [0.3, 0.4) is 0 Å². The first-order valence-electron chi connectivity index (χ1n) is 9.85. The van der Waals surface area contributed by atoms with Gasteiger partial charge in [-0.2, -0.15) is 0 Å². The summed E-state index contributed by atoms with van der Waals surface area (Å²) in [6, 6.07) is 17.5. The lowest BCUT2D eigenvalue weighted by Gasteiger charge is -2.33. The fourth-order valence-electron chi connectivity index (χ4n) is 3.80. The number of benzene rings is 2. The van der Waals surface area contributed by atoms with Crippen molar-refractivity contribution in [1.29, 1.82) is 0 Å². The third-order valence-electron chi connectivity index (χ3n) is 5.42. The van der Waals surface area contributed by atoms with Gasteiger partial charge in [0.15, 0.2) is 9.84 Å². The van der Waals surface area contributed by atoms with Gasteiger partial charge in [-0.25, -0.2) is 8.42 Å². The minimum Gasteiger partial charge on any atom is -0.302 e. The highest BCUT2D eigenvalue weighted by molar-refractivity contribution is 9.10. The molecular formula is C22H29BrN2O2S. The monoisotopic (exact) mass is 464 g/mol. The van der Waals surface area contributed by atoms with Crippen LogP contribution in [0.15, 0.2) is 64.0 Å². The number of likely N-dealkylation sites (tertiary alicyclic amines) is 1. The number of halogens is 1. The van der Waals surface area contributed by atoms with Gasteiger partial charge in [-0.3, -0.25) is 0 Å². The van der Waals surface area contributed by atoms with Crippen LogP contribution in [-0.2, 0) is 16.4 Å². The first-order valence-corrected chi connectivity index (χ1v) is 12.3. The Kier molecular flexibility index (Phi) is 7.69. The molecule has 0 amide bonds. The van der Waals surface area contributed by atoms with Crippen LogP contribution < -0.4 is 0 Å². The molecule has 1 fully saturated rings. The fourth-order valence-corrected chi connectivity index (χ4v) is 5.35. The quantitative estimate of drug-likeness (QED) is 0.590. The predicted octanol–water partition coefficient (Wildman–Crippen LogP) is 4.07. The first kappa shape index (κ1) is 21.5. The second kappa shape index (κ2) is 10.0. The molecule has 2 aromatic carbocycles. The van der Waals surface area contributed by atoms with E-state index in [9.17, 15) is 8.42 Å². The number of hydrogen-bond donors (Lipinski definition) is 0. The molecule has 0 aliphatic carbocycles. The molecule has 152 valence electrons. The Labute approximate surface area is 177 Å². The van der Waals surface area contributed by atoms with Crippen molar-refractivity contribution in [3.05, 3.63) is 64.6 Å². The number of sulfone groups is 1. The van der Waals surface area contributed by atoms with Crippen LogP contribution in [0.5, 0.6) is 0 Å². The van der Waals surface area contributed by atoms with Gasteiger partial charge in [0.25, 0.3) is 0 Å². The van der Waals surface area contributed by atoms with E-state index >= 15 is 0 Å².